The second-order valence-corrected chi connectivity index (χ2v) is 8.01. The molecule has 0 aliphatic carbocycles. The van der Waals surface area contributed by atoms with Gasteiger partial charge in [0.1, 0.15) is 0 Å². The number of fused-ring (bicyclic) bond motifs is 1. The lowest BCUT2D eigenvalue weighted by Crippen LogP contribution is -2.32. The smallest absolute Gasteiger partial charge is 0.294 e. The molecule has 0 spiro atoms. The van der Waals surface area contributed by atoms with E-state index < -0.39 is 0 Å². The number of benzene rings is 2. The van der Waals surface area contributed by atoms with Crippen LogP contribution in [-0.4, -0.2) is 33.1 Å². The molecule has 7 nitrogen and oxygen atoms in total. The summed E-state index contributed by atoms with van der Waals surface area (Å²) >= 11 is 0. The van der Waals surface area contributed by atoms with Gasteiger partial charge in [0.25, 0.3) is 5.56 Å². The van der Waals surface area contributed by atoms with Gasteiger partial charge in [0.15, 0.2) is 5.82 Å². The molecule has 2 aromatic heterocycles. The summed E-state index contributed by atoms with van der Waals surface area (Å²) in [6.07, 6.45) is 6.28. The van der Waals surface area contributed by atoms with Crippen LogP contribution in [0.2, 0.25) is 0 Å². The number of nitrogens with zero attached hydrogens (tertiary/aromatic N) is 4. The third-order valence-corrected chi connectivity index (χ3v) is 5.86. The standard InChI is InChI=1S/C25H25N5O2/c31-23(26-19-9-11-20(12-10-19)28-14-3-4-15-28)13-18-30-22-8-2-1-7-21(22)27-24(25(30)32)29-16-5-6-17-29/h1-4,7-12,14-15H,5-6,13,16-18H2,(H,26,31). The van der Waals surface area contributed by atoms with Gasteiger partial charge in [-0.2, -0.15) is 0 Å². The minimum absolute atomic E-state index is 0.130. The lowest BCUT2D eigenvalue weighted by Gasteiger charge is -2.19. The van der Waals surface area contributed by atoms with Crippen molar-refractivity contribution in [1.82, 2.24) is 14.1 Å². The average molecular weight is 428 g/mol. The van der Waals surface area contributed by atoms with Gasteiger partial charge >= 0.3 is 0 Å². The lowest BCUT2D eigenvalue weighted by molar-refractivity contribution is -0.116. The third kappa shape index (κ3) is 4.01. The molecule has 0 unspecified atom stereocenters. The molecule has 3 heterocycles. The van der Waals surface area contributed by atoms with Crippen molar-refractivity contribution in [2.24, 2.45) is 0 Å². The molecule has 4 aromatic rings. The van der Waals surface area contributed by atoms with Crippen LogP contribution in [0.15, 0.2) is 77.9 Å². The second kappa shape index (κ2) is 8.70. The highest BCUT2D eigenvalue weighted by atomic mass is 16.2. The van der Waals surface area contributed by atoms with Crippen LogP contribution in [0.1, 0.15) is 19.3 Å². The zero-order chi connectivity index (χ0) is 21.9. The summed E-state index contributed by atoms with van der Waals surface area (Å²) in [5.74, 6) is 0.358. The maximum absolute atomic E-state index is 13.2. The van der Waals surface area contributed by atoms with E-state index in [4.69, 9.17) is 0 Å². The van der Waals surface area contributed by atoms with E-state index in [0.29, 0.717) is 12.4 Å². The molecule has 1 aliphatic heterocycles. The monoisotopic (exact) mass is 427 g/mol. The Morgan fingerprint density at radius 1 is 0.938 bits per heavy atom. The zero-order valence-corrected chi connectivity index (χ0v) is 17.8. The van der Waals surface area contributed by atoms with E-state index >= 15 is 0 Å². The Morgan fingerprint density at radius 3 is 2.41 bits per heavy atom. The van der Waals surface area contributed by atoms with Gasteiger partial charge in [-0.1, -0.05) is 12.1 Å². The topological polar surface area (TPSA) is 72.2 Å². The second-order valence-electron chi connectivity index (χ2n) is 8.01. The largest absolute Gasteiger partial charge is 0.352 e. The number of anilines is 2. The van der Waals surface area contributed by atoms with Crippen LogP contribution in [0.4, 0.5) is 11.5 Å². The van der Waals surface area contributed by atoms with Crippen LogP contribution >= 0.6 is 0 Å². The van der Waals surface area contributed by atoms with Crippen LogP contribution in [0, 0.1) is 0 Å². The molecule has 7 heteroatoms. The van der Waals surface area contributed by atoms with Crippen LogP contribution in [0.3, 0.4) is 0 Å². The van der Waals surface area contributed by atoms with Crippen LogP contribution < -0.4 is 15.8 Å². The van der Waals surface area contributed by atoms with Gasteiger partial charge in [0, 0.05) is 49.8 Å². The predicted octanol–water partition coefficient (Wildman–Crippen LogP) is 3.82. The van der Waals surface area contributed by atoms with Gasteiger partial charge in [-0.15, -0.1) is 0 Å². The van der Waals surface area contributed by atoms with E-state index in [1.165, 1.54) is 0 Å². The van der Waals surface area contributed by atoms with Crippen molar-refractivity contribution >= 4 is 28.4 Å². The number of nitrogens with one attached hydrogen (secondary N) is 1. The number of aryl methyl sites for hydroxylation is 1. The van der Waals surface area contributed by atoms with E-state index in [1.807, 2.05) is 77.6 Å². The number of hydrogen-bond acceptors (Lipinski definition) is 4. The zero-order valence-electron chi connectivity index (χ0n) is 17.8. The number of carbonyl (C=O) groups excluding carboxylic acids is 1. The fourth-order valence-electron chi connectivity index (χ4n) is 4.20. The van der Waals surface area contributed by atoms with E-state index in [2.05, 4.69) is 15.2 Å². The molecule has 0 radical (unpaired) electrons. The van der Waals surface area contributed by atoms with Crippen LogP contribution in [-0.2, 0) is 11.3 Å². The molecule has 0 atom stereocenters. The van der Waals surface area contributed by atoms with Gasteiger partial charge in [-0.25, -0.2) is 4.98 Å². The van der Waals surface area contributed by atoms with Gasteiger partial charge < -0.3 is 19.4 Å². The minimum atomic E-state index is -0.130. The first-order chi connectivity index (χ1) is 15.7. The van der Waals surface area contributed by atoms with Crippen molar-refractivity contribution in [3.8, 4) is 5.69 Å². The molecule has 0 saturated carbocycles. The highest BCUT2D eigenvalue weighted by Gasteiger charge is 2.20. The summed E-state index contributed by atoms with van der Waals surface area (Å²) in [4.78, 5) is 32.5. The molecular formula is C25H25N5O2. The Balaban J connectivity index is 1.33. The lowest BCUT2D eigenvalue weighted by atomic mass is 10.2. The van der Waals surface area contributed by atoms with Crippen molar-refractivity contribution in [3.05, 3.63) is 83.4 Å². The Bertz CT molecular complexity index is 1290. The van der Waals surface area contributed by atoms with Gasteiger partial charge in [0.05, 0.1) is 11.0 Å². The van der Waals surface area contributed by atoms with E-state index in [1.54, 1.807) is 4.57 Å². The predicted molar refractivity (Wildman–Crippen MR) is 126 cm³/mol. The number of hydrogen-bond donors (Lipinski definition) is 1. The molecule has 1 amide bonds. The Labute approximate surface area is 185 Å². The molecule has 0 bridgehead atoms. The first-order valence-corrected chi connectivity index (χ1v) is 11.0. The minimum Gasteiger partial charge on any atom is -0.352 e. The SMILES string of the molecule is O=C(CCn1c(=O)c(N2CCCC2)nc2ccccc21)Nc1ccc(-n2cccc2)cc1. The van der Waals surface area contributed by atoms with Gasteiger partial charge in [0.2, 0.25) is 5.91 Å². The van der Waals surface area contributed by atoms with E-state index in [9.17, 15) is 9.59 Å². The molecule has 1 saturated heterocycles. The summed E-state index contributed by atoms with van der Waals surface area (Å²) in [7, 11) is 0. The summed E-state index contributed by atoms with van der Waals surface area (Å²) in [5, 5.41) is 2.93. The van der Waals surface area contributed by atoms with Crippen molar-refractivity contribution in [1.29, 1.82) is 0 Å². The Hall–Kier alpha value is -3.87. The molecule has 2 aromatic carbocycles. The normalized spacial score (nSPS) is 13.6. The molecule has 5 rings (SSSR count). The highest BCUT2D eigenvalue weighted by Crippen LogP contribution is 2.19. The first-order valence-electron chi connectivity index (χ1n) is 11.0. The van der Waals surface area contributed by atoms with Crippen LogP contribution in [0.5, 0.6) is 0 Å². The third-order valence-electron chi connectivity index (χ3n) is 5.86. The van der Waals surface area contributed by atoms with E-state index in [0.717, 1.165) is 48.3 Å². The number of aromatic nitrogens is 3. The first kappa shape index (κ1) is 20.1. The summed E-state index contributed by atoms with van der Waals surface area (Å²) in [5.41, 5.74) is 3.15. The quantitative estimate of drug-likeness (QED) is 0.508. The fraction of sp³-hybridized carbons (Fsp3) is 0.240. The van der Waals surface area contributed by atoms with Crippen molar-refractivity contribution in [2.75, 3.05) is 23.3 Å². The summed E-state index contributed by atoms with van der Waals surface area (Å²) in [6.45, 7) is 2.00. The van der Waals surface area contributed by atoms with Crippen LogP contribution in [0.25, 0.3) is 16.7 Å². The van der Waals surface area contributed by atoms with Crippen molar-refractivity contribution < 1.29 is 4.79 Å². The fourth-order valence-corrected chi connectivity index (χ4v) is 4.20. The molecular weight excluding hydrogens is 402 g/mol. The molecule has 1 fully saturated rings. The number of carbonyl (C=O) groups is 1. The summed E-state index contributed by atoms with van der Waals surface area (Å²) in [6, 6.07) is 19.2. The maximum atomic E-state index is 13.2. The number of para-hydroxylation sites is 2. The molecule has 32 heavy (non-hydrogen) atoms. The average Bonchev–Trinajstić information content (AvgIpc) is 3.53. The highest BCUT2D eigenvalue weighted by molar-refractivity contribution is 5.90. The molecule has 162 valence electrons. The van der Waals surface area contributed by atoms with Gasteiger partial charge in [-0.3, -0.25) is 9.59 Å². The maximum Gasteiger partial charge on any atom is 0.294 e. The van der Waals surface area contributed by atoms with Gasteiger partial charge in [-0.05, 0) is 61.4 Å². The Morgan fingerprint density at radius 2 is 1.66 bits per heavy atom. The Kier molecular flexibility index (Phi) is 5.46. The number of rotatable bonds is 6. The molecule has 1 aliphatic rings. The molecule has 1 N–H and O–H groups in total. The number of amides is 1. The van der Waals surface area contributed by atoms with Crippen molar-refractivity contribution in [3.63, 3.8) is 0 Å². The van der Waals surface area contributed by atoms with E-state index in [-0.39, 0.29) is 17.9 Å². The van der Waals surface area contributed by atoms with Crippen molar-refractivity contribution in [2.45, 2.75) is 25.8 Å². The summed E-state index contributed by atoms with van der Waals surface area (Å²) < 4.78 is 3.69.